The van der Waals surface area contributed by atoms with Gasteiger partial charge in [-0.2, -0.15) is 4.98 Å². The molecule has 0 aliphatic heterocycles. The smallest absolute Gasteiger partial charge is 0.339 e. The molecule has 1 atom stereocenters. The van der Waals surface area contributed by atoms with Crippen molar-refractivity contribution < 1.29 is 9.00 Å². The first kappa shape index (κ1) is 22.8. The zero-order valence-electron chi connectivity index (χ0n) is 17.5. The van der Waals surface area contributed by atoms with Crippen LogP contribution in [0.15, 0.2) is 34.2 Å². The number of hydrogen-bond donors (Lipinski definition) is 2. The Kier molecular flexibility index (Phi) is 6.37. The van der Waals surface area contributed by atoms with Crippen LogP contribution in [0.1, 0.15) is 25.8 Å². The fraction of sp³-hybridized carbons (Fsp3) is 0.368. The Balaban J connectivity index is 2.32. The zero-order chi connectivity index (χ0) is 22.9. The fourth-order valence-electron chi connectivity index (χ4n) is 3.12. The summed E-state index contributed by atoms with van der Waals surface area (Å²) in [6.07, 6.45) is 0.702. The number of nitrogens with zero attached hydrogens (tertiary/aromatic N) is 5. The standard InChI is InChI=1S/C19H24ClN7O3S/c1-4-10-25(3)18(28)27-14-15(21)23-17(31(22,30)5-2)24-16(14)26(19(27)29)11-12-6-8-13(20)9-7-12/h6-9,22H,4-5,10-11H2,1-3H3,(H2,21,23,24). The highest BCUT2D eigenvalue weighted by Gasteiger charge is 2.27. The number of aromatic nitrogens is 4. The molecule has 1 unspecified atom stereocenters. The van der Waals surface area contributed by atoms with Crippen LogP contribution in [0.4, 0.5) is 10.6 Å². The molecule has 3 aromatic rings. The number of hydrogen-bond acceptors (Lipinski definition) is 7. The highest BCUT2D eigenvalue weighted by atomic mass is 35.5. The summed E-state index contributed by atoms with van der Waals surface area (Å²) in [5.41, 5.74) is 6.26. The molecule has 166 valence electrons. The van der Waals surface area contributed by atoms with Crippen molar-refractivity contribution in [2.24, 2.45) is 0 Å². The van der Waals surface area contributed by atoms with Gasteiger partial charge < -0.3 is 10.6 Å². The van der Waals surface area contributed by atoms with E-state index in [1.807, 2.05) is 6.92 Å². The number of amides is 1. The molecule has 0 aliphatic rings. The molecule has 3 N–H and O–H groups in total. The second kappa shape index (κ2) is 8.67. The third kappa shape index (κ3) is 4.28. The van der Waals surface area contributed by atoms with E-state index in [1.54, 1.807) is 38.2 Å². The number of nitrogens with one attached hydrogen (secondary N) is 1. The molecule has 31 heavy (non-hydrogen) atoms. The quantitative estimate of drug-likeness (QED) is 0.536. The second-order valence-electron chi connectivity index (χ2n) is 7.06. The molecule has 0 fully saturated rings. The first-order valence-electron chi connectivity index (χ1n) is 9.65. The Hall–Kier alpha value is -2.92. The molecule has 0 saturated carbocycles. The van der Waals surface area contributed by atoms with E-state index in [0.29, 0.717) is 18.0 Å². The largest absolute Gasteiger partial charge is 0.382 e. The lowest BCUT2D eigenvalue weighted by molar-refractivity contribution is 0.210. The molecular formula is C19H24ClN7O3S. The normalized spacial score (nSPS) is 13.3. The van der Waals surface area contributed by atoms with Gasteiger partial charge >= 0.3 is 11.7 Å². The van der Waals surface area contributed by atoms with Crippen LogP contribution in [0.3, 0.4) is 0 Å². The predicted molar refractivity (Wildman–Crippen MR) is 120 cm³/mol. The van der Waals surface area contributed by atoms with Crippen LogP contribution >= 0.6 is 11.6 Å². The van der Waals surface area contributed by atoms with Crippen LogP contribution in [0, 0.1) is 4.78 Å². The fourth-order valence-corrected chi connectivity index (χ4v) is 3.98. The maximum Gasteiger partial charge on any atom is 0.339 e. The van der Waals surface area contributed by atoms with E-state index in [4.69, 9.17) is 22.1 Å². The van der Waals surface area contributed by atoms with E-state index in [-0.39, 0.29) is 34.4 Å². The number of imidazole rings is 1. The van der Waals surface area contributed by atoms with E-state index < -0.39 is 21.4 Å². The Morgan fingerprint density at radius 1 is 1.26 bits per heavy atom. The number of anilines is 1. The van der Waals surface area contributed by atoms with Gasteiger partial charge in [-0.1, -0.05) is 37.6 Å². The van der Waals surface area contributed by atoms with Crippen molar-refractivity contribution in [1.29, 1.82) is 4.78 Å². The summed E-state index contributed by atoms with van der Waals surface area (Å²) in [5.74, 6) is -0.197. The van der Waals surface area contributed by atoms with Crippen LogP contribution in [-0.2, 0) is 16.3 Å². The first-order valence-corrected chi connectivity index (χ1v) is 11.8. The number of benzene rings is 1. The first-order chi connectivity index (χ1) is 14.6. The van der Waals surface area contributed by atoms with Gasteiger partial charge in [0.25, 0.3) is 0 Å². The van der Waals surface area contributed by atoms with Crippen LogP contribution < -0.4 is 11.4 Å². The van der Waals surface area contributed by atoms with Gasteiger partial charge in [0.05, 0.1) is 6.54 Å². The number of halogens is 1. The lowest BCUT2D eigenvalue weighted by Crippen LogP contribution is -2.38. The summed E-state index contributed by atoms with van der Waals surface area (Å²) < 4.78 is 22.8. The molecule has 2 aromatic heterocycles. The molecule has 10 nitrogen and oxygen atoms in total. The summed E-state index contributed by atoms with van der Waals surface area (Å²) in [6, 6.07) is 6.28. The molecule has 0 saturated heterocycles. The summed E-state index contributed by atoms with van der Waals surface area (Å²) in [4.78, 5) is 36.0. The number of carbonyl (C=O) groups excluding carboxylic acids is 1. The molecule has 12 heteroatoms. The maximum absolute atomic E-state index is 13.3. The summed E-state index contributed by atoms with van der Waals surface area (Å²) >= 11 is 5.95. The van der Waals surface area contributed by atoms with Gasteiger partial charge in [-0.25, -0.2) is 28.1 Å². The Morgan fingerprint density at radius 3 is 2.48 bits per heavy atom. The van der Waals surface area contributed by atoms with Gasteiger partial charge in [0.2, 0.25) is 5.16 Å². The molecule has 0 bridgehead atoms. The SMILES string of the molecule is CCCN(C)C(=O)n1c(=O)n(Cc2ccc(Cl)cc2)c2nc(S(=N)(=O)CC)nc(N)c21. The van der Waals surface area contributed by atoms with Crippen molar-refractivity contribution in [3.63, 3.8) is 0 Å². The van der Waals surface area contributed by atoms with Crippen LogP contribution in [-0.4, -0.2) is 53.6 Å². The second-order valence-corrected chi connectivity index (χ2v) is 9.79. The van der Waals surface area contributed by atoms with Gasteiger partial charge in [0.1, 0.15) is 15.2 Å². The number of nitrogens with two attached hydrogens (primary N) is 1. The Morgan fingerprint density at radius 2 is 1.90 bits per heavy atom. The van der Waals surface area contributed by atoms with Gasteiger partial charge in [-0.3, -0.25) is 4.57 Å². The molecular weight excluding hydrogens is 442 g/mol. The maximum atomic E-state index is 13.3. The summed E-state index contributed by atoms with van der Waals surface area (Å²) in [5, 5.41) is 0.275. The minimum Gasteiger partial charge on any atom is -0.382 e. The minimum absolute atomic E-state index is 0.0156. The highest BCUT2D eigenvalue weighted by molar-refractivity contribution is 7.92. The summed E-state index contributed by atoms with van der Waals surface area (Å²) in [7, 11) is -1.71. The van der Waals surface area contributed by atoms with Crippen molar-refractivity contribution in [2.45, 2.75) is 32.0 Å². The average Bonchev–Trinajstić information content (AvgIpc) is 3.01. The van der Waals surface area contributed by atoms with Crippen molar-refractivity contribution in [2.75, 3.05) is 25.1 Å². The lowest BCUT2D eigenvalue weighted by atomic mass is 10.2. The number of rotatable bonds is 6. The Bertz CT molecular complexity index is 1300. The van der Waals surface area contributed by atoms with Crippen molar-refractivity contribution >= 4 is 44.3 Å². The number of nitrogen functional groups attached to an aromatic ring is 1. The topological polar surface area (TPSA) is 140 Å². The van der Waals surface area contributed by atoms with E-state index in [9.17, 15) is 13.8 Å². The van der Waals surface area contributed by atoms with Gasteiger partial charge in [-0.05, 0) is 24.1 Å². The van der Waals surface area contributed by atoms with E-state index in [2.05, 4.69) is 9.97 Å². The van der Waals surface area contributed by atoms with Gasteiger partial charge in [0, 0.05) is 24.4 Å². The third-order valence-corrected chi connectivity index (χ3v) is 6.64. The third-order valence-electron chi connectivity index (χ3n) is 4.81. The monoisotopic (exact) mass is 465 g/mol. The van der Waals surface area contributed by atoms with Gasteiger partial charge in [0.15, 0.2) is 11.5 Å². The summed E-state index contributed by atoms with van der Waals surface area (Å²) in [6.45, 7) is 4.00. The van der Waals surface area contributed by atoms with Crippen LogP contribution in [0.25, 0.3) is 11.2 Å². The molecule has 0 spiro atoms. The van der Waals surface area contributed by atoms with Crippen molar-refractivity contribution in [1.82, 2.24) is 24.0 Å². The van der Waals surface area contributed by atoms with E-state index in [0.717, 1.165) is 10.1 Å². The van der Waals surface area contributed by atoms with Gasteiger partial charge in [-0.15, -0.1) is 0 Å². The molecule has 1 amide bonds. The highest BCUT2D eigenvalue weighted by Crippen LogP contribution is 2.22. The molecule has 2 heterocycles. The average molecular weight is 466 g/mol. The molecule has 1 aromatic carbocycles. The van der Waals surface area contributed by atoms with E-state index >= 15 is 0 Å². The van der Waals surface area contributed by atoms with E-state index in [1.165, 1.54) is 9.47 Å². The Labute approximate surface area is 184 Å². The molecule has 3 rings (SSSR count). The minimum atomic E-state index is -3.30. The molecule has 0 aliphatic carbocycles. The zero-order valence-corrected chi connectivity index (χ0v) is 19.0. The molecule has 0 radical (unpaired) electrons. The lowest BCUT2D eigenvalue weighted by Gasteiger charge is -2.16. The number of carbonyl (C=O) groups is 1. The van der Waals surface area contributed by atoms with Crippen LogP contribution in [0.5, 0.6) is 0 Å². The van der Waals surface area contributed by atoms with Crippen molar-refractivity contribution in [3.05, 3.63) is 45.3 Å². The number of fused-ring (bicyclic) bond motifs is 1. The van der Waals surface area contributed by atoms with Crippen molar-refractivity contribution in [3.8, 4) is 0 Å². The predicted octanol–water partition coefficient (Wildman–Crippen LogP) is 2.61. The van der Waals surface area contributed by atoms with Crippen LogP contribution in [0.2, 0.25) is 5.02 Å².